The van der Waals surface area contributed by atoms with Crippen LogP contribution in [-0.4, -0.2) is 105 Å². The maximum absolute atomic E-state index is 12.3. The molecule has 12 nitrogen and oxygen atoms in total. The Morgan fingerprint density at radius 2 is 1.40 bits per heavy atom. The summed E-state index contributed by atoms with van der Waals surface area (Å²) < 4.78 is 7.75. The number of fused-ring (bicyclic) bond motifs is 2. The third-order valence-corrected chi connectivity index (χ3v) is 8.41. The number of nitrogens with one attached hydrogen (secondary N) is 1. The molecule has 0 bridgehead atoms. The zero-order valence-corrected chi connectivity index (χ0v) is 27.2. The van der Waals surface area contributed by atoms with E-state index in [4.69, 9.17) is 9.84 Å². The number of piperazine rings is 2. The zero-order valence-electron chi connectivity index (χ0n) is 27.2. The van der Waals surface area contributed by atoms with Gasteiger partial charge in [-0.05, 0) is 50.6 Å². The van der Waals surface area contributed by atoms with Crippen LogP contribution in [0.3, 0.4) is 0 Å². The Hall–Kier alpha value is -5.26. The minimum absolute atomic E-state index is 0.239. The first-order valence-electron chi connectivity index (χ1n) is 16.0. The molecule has 0 atom stereocenters. The molecule has 0 spiro atoms. The average Bonchev–Trinajstić information content (AvgIpc) is 3.72. The number of pyridine rings is 2. The smallest absolute Gasteiger partial charge is 0.410 e. The lowest BCUT2D eigenvalue weighted by Gasteiger charge is -2.36. The van der Waals surface area contributed by atoms with Gasteiger partial charge in [0.1, 0.15) is 17.2 Å². The molecule has 2 amide bonds. The molecule has 0 aliphatic carbocycles. The van der Waals surface area contributed by atoms with Crippen molar-refractivity contribution in [2.75, 3.05) is 62.2 Å². The van der Waals surface area contributed by atoms with Crippen molar-refractivity contribution in [1.82, 2.24) is 29.3 Å². The number of aromatic amines is 1. The van der Waals surface area contributed by atoms with Crippen LogP contribution in [0.5, 0.6) is 0 Å². The van der Waals surface area contributed by atoms with Crippen molar-refractivity contribution in [2.45, 2.75) is 32.9 Å². The summed E-state index contributed by atoms with van der Waals surface area (Å²) in [7, 11) is 0. The third-order valence-electron chi connectivity index (χ3n) is 8.41. The Labute approximate surface area is 274 Å². The quantitative estimate of drug-likeness (QED) is 0.265. The summed E-state index contributed by atoms with van der Waals surface area (Å²) in [5, 5.41) is 11.2. The SMILES string of the molecule is CC(C)(C)OC(=O)N1CCN(c2nccc3c2ccn3Cc2ccccc2)CC1.O=C(O)N1CCN(c2nccc3[nH]ccc23)CC1. The maximum atomic E-state index is 12.3. The molecule has 47 heavy (non-hydrogen) atoms. The van der Waals surface area contributed by atoms with E-state index in [2.05, 4.69) is 71.9 Å². The second kappa shape index (κ2) is 13.6. The first kappa shape index (κ1) is 31.7. The van der Waals surface area contributed by atoms with Gasteiger partial charge in [0.2, 0.25) is 0 Å². The van der Waals surface area contributed by atoms with E-state index in [0.717, 1.165) is 47.6 Å². The van der Waals surface area contributed by atoms with Crippen molar-refractivity contribution in [3.05, 3.63) is 84.9 Å². The largest absolute Gasteiger partial charge is 0.465 e. The Balaban J connectivity index is 0.000000183. The number of hydrogen-bond acceptors (Lipinski definition) is 7. The van der Waals surface area contributed by atoms with Crippen molar-refractivity contribution in [2.24, 2.45) is 0 Å². The van der Waals surface area contributed by atoms with Gasteiger partial charge in [-0.1, -0.05) is 30.3 Å². The Kier molecular flexibility index (Phi) is 9.19. The van der Waals surface area contributed by atoms with E-state index in [-0.39, 0.29) is 6.09 Å². The number of ether oxygens (including phenoxy) is 1. The van der Waals surface area contributed by atoms with Gasteiger partial charge >= 0.3 is 12.2 Å². The summed E-state index contributed by atoms with van der Waals surface area (Å²) in [4.78, 5) is 43.0. The lowest BCUT2D eigenvalue weighted by Crippen LogP contribution is -2.50. The van der Waals surface area contributed by atoms with Gasteiger partial charge < -0.3 is 39.0 Å². The van der Waals surface area contributed by atoms with E-state index < -0.39 is 11.7 Å². The molecule has 1 aromatic carbocycles. The predicted molar refractivity (Wildman–Crippen MR) is 183 cm³/mol. The number of amides is 2. The standard InChI is InChI=1S/C23H28N4O2.C12H14N4O2/c1-23(2,3)29-22(28)26-15-13-25(14-16-26)21-19-10-12-27(20(19)9-11-24-21)17-18-7-5-4-6-8-18;17-12(18)16-7-5-15(6-8-16)11-9-1-3-13-10(9)2-4-14-11/h4-12H,13-17H2,1-3H3;1-4,13H,5-8H2,(H,17,18). The molecule has 0 saturated carbocycles. The van der Waals surface area contributed by atoms with E-state index in [1.165, 1.54) is 16.0 Å². The van der Waals surface area contributed by atoms with Crippen molar-refractivity contribution in [1.29, 1.82) is 0 Å². The molecule has 2 saturated heterocycles. The molecule has 246 valence electrons. The Bertz CT molecular complexity index is 1810. The van der Waals surface area contributed by atoms with Crippen LogP contribution in [0.2, 0.25) is 0 Å². The van der Waals surface area contributed by atoms with E-state index in [9.17, 15) is 9.59 Å². The molecular weight excluding hydrogens is 596 g/mol. The second-order valence-electron chi connectivity index (χ2n) is 12.8. The molecule has 2 aliphatic rings. The van der Waals surface area contributed by atoms with Crippen molar-refractivity contribution < 1.29 is 19.4 Å². The molecule has 7 rings (SSSR count). The normalized spacial score (nSPS) is 15.5. The molecule has 0 radical (unpaired) electrons. The number of hydrogen-bond donors (Lipinski definition) is 2. The molecule has 2 fully saturated rings. The highest BCUT2D eigenvalue weighted by molar-refractivity contribution is 5.91. The number of carbonyl (C=O) groups is 2. The minimum Gasteiger partial charge on any atom is -0.465 e. The topological polar surface area (TPSA) is 123 Å². The van der Waals surface area contributed by atoms with Gasteiger partial charge in [0.05, 0.1) is 11.0 Å². The van der Waals surface area contributed by atoms with Crippen LogP contribution in [-0.2, 0) is 11.3 Å². The number of H-pyrrole nitrogens is 1. The minimum atomic E-state index is -0.845. The maximum Gasteiger partial charge on any atom is 0.410 e. The van der Waals surface area contributed by atoms with Crippen molar-refractivity contribution in [3.63, 3.8) is 0 Å². The van der Waals surface area contributed by atoms with Gasteiger partial charge in [-0.15, -0.1) is 0 Å². The van der Waals surface area contributed by atoms with Gasteiger partial charge in [0.15, 0.2) is 0 Å². The zero-order chi connectivity index (χ0) is 33.0. The van der Waals surface area contributed by atoms with Crippen molar-refractivity contribution >= 4 is 45.6 Å². The number of nitrogens with zero attached hydrogens (tertiary/aromatic N) is 7. The number of rotatable bonds is 4. The Morgan fingerprint density at radius 1 is 0.787 bits per heavy atom. The fourth-order valence-electron chi connectivity index (χ4n) is 6.03. The number of anilines is 2. The second-order valence-corrected chi connectivity index (χ2v) is 12.8. The summed E-state index contributed by atoms with van der Waals surface area (Å²) in [5.41, 5.74) is 3.03. The van der Waals surface area contributed by atoms with Gasteiger partial charge in [0, 0.05) is 94.5 Å². The van der Waals surface area contributed by atoms with E-state index >= 15 is 0 Å². The molecule has 5 aromatic rings. The molecule has 6 heterocycles. The summed E-state index contributed by atoms with van der Waals surface area (Å²) in [6, 6.07) is 18.6. The predicted octanol–water partition coefficient (Wildman–Crippen LogP) is 5.50. The fraction of sp³-hybridized carbons (Fsp3) is 0.371. The first-order chi connectivity index (χ1) is 22.7. The van der Waals surface area contributed by atoms with Crippen LogP contribution in [0.4, 0.5) is 21.2 Å². The highest BCUT2D eigenvalue weighted by Crippen LogP contribution is 2.28. The van der Waals surface area contributed by atoms with Crippen LogP contribution in [0.1, 0.15) is 26.3 Å². The van der Waals surface area contributed by atoms with Crippen molar-refractivity contribution in [3.8, 4) is 0 Å². The van der Waals surface area contributed by atoms with E-state index in [1.807, 2.05) is 51.4 Å². The summed E-state index contributed by atoms with van der Waals surface area (Å²) in [6.07, 6.45) is 6.58. The Morgan fingerprint density at radius 3 is 2.04 bits per heavy atom. The van der Waals surface area contributed by atoms with Gasteiger partial charge in [-0.3, -0.25) is 0 Å². The molecule has 2 N–H and O–H groups in total. The monoisotopic (exact) mass is 638 g/mol. The summed E-state index contributed by atoms with van der Waals surface area (Å²) in [5.74, 6) is 1.91. The third kappa shape index (κ3) is 7.43. The summed E-state index contributed by atoms with van der Waals surface area (Å²) >= 11 is 0. The summed E-state index contributed by atoms with van der Waals surface area (Å²) in [6.45, 7) is 11.7. The average molecular weight is 639 g/mol. The van der Waals surface area contributed by atoms with Gasteiger partial charge in [0.25, 0.3) is 0 Å². The van der Waals surface area contributed by atoms with Gasteiger partial charge in [-0.25, -0.2) is 19.6 Å². The number of carboxylic acid groups (broad SMARTS) is 1. The lowest BCUT2D eigenvalue weighted by atomic mass is 10.2. The highest BCUT2D eigenvalue weighted by Gasteiger charge is 2.27. The van der Waals surface area contributed by atoms with Gasteiger partial charge in [-0.2, -0.15) is 0 Å². The fourth-order valence-corrected chi connectivity index (χ4v) is 6.03. The molecule has 4 aromatic heterocycles. The number of benzene rings is 1. The molecule has 12 heteroatoms. The van der Waals surface area contributed by atoms with Crippen LogP contribution < -0.4 is 9.80 Å². The van der Waals surface area contributed by atoms with Crippen LogP contribution in [0.25, 0.3) is 21.8 Å². The number of aromatic nitrogens is 4. The molecule has 0 unspecified atom stereocenters. The lowest BCUT2D eigenvalue weighted by molar-refractivity contribution is 0.0240. The van der Waals surface area contributed by atoms with Crippen LogP contribution >= 0.6 is 0 Å². The van der Waals surface area contributed by atoms with Crippen LogP contribution in [0.15, 0.2) is 79.4 Å². The first-order valence-corrected chi connectivity index (χ1v) is 16.0. The molecular formula is C35H42N8O4. The highest BCUT2D eigenvalue weighted by atomic mass is 16.6. The number of carbonyl (C=O) groups excluding carboxylic acids is 1. The van der Waals surface area contributed by atoms with E-state index in [1.54, 1.807) is 11.1 Å². The van der Waals surface area contributed by atoms with E-state index in [0.29, 0.717) is 39.3 Å². The molecule has 2 aliphatic heterocycles. The van der Waals surface area contributed by atoms with Crippen LogP contribution in [0, 0.1) is 0 Å².